The summed E-state index contributed by atoms with van der Waals surface area (Å²) in [7, 11) is 2.88. The van der Waals surface area contributed by atoms with E-state index in [1.54, 1.807) is 14.2 Å². The molecule has 0 fully saturated rings. The van der Waals surface area contributed by atoms with Crippen molar-refractivity contribution in [1.82, 2.24) is 0 Å². The molecule has 0 aliphatic carbocycles. The Labute approximate surface area is 79.1 Å². The van der Waals surface area contributed by atoms with Gasteiger partial charge in [0.2, 0.25) is 0 Å². The van der Waals surface area contributed by atoms with Crippen LogP contribution in [-0.2, 0) is 8.85 Å². The second-order valence-electron chi connectivity index (χ2n) is 2.88. The Balaban J connectivity index is 3.76. The van der Waals surface area contributed by atoms with Gasteiger partial charge >= 0.3 is 8.56 Å². The lowest BCUT2D eigenvalue weighted by Gasteiger charge is -2.25. The molecule has 0 N–H and O–H groups in total. The van der Waals surface area contributed by atoms with Gasteiger partial charge < -0.3 is 8.85 Å². The summed E-state index contributed by atoms with van der Waals surface area (Å²) in [6.07, 6.45) is 2.58. The predicted molar refractivity (Wildman–Crippen MR) is 58.8 cm³/mol. The minimum absolute atomic E-state index is 1.06. The second kappa shape index (κ2) is 7.02. The highest BCUT2D eigenvalue weighted by Gasteiger charge is 2.31. The topological polar surface area (TPSA) is 18.5 Å². The summed E-state index contributed by atoms with van der Waals surface area (Å²) in [5.74, 6) is 0. The van der Waals surface area contributed by atoms with Gasteiger partial charge in [-0.15, -0.1) is 8.58 Å². The van der Waals surface area contributed by atoms with Crippen molar-refractivity contribution in [2.24, 2.45) is 0 Å². The summed E-state index contributed by atoms with van der Waals surface area (Å²) in [5.41, 5.74) is 0. The van der Waals surface area contributed by atoms with E-state index in [2.05, 4.69) is 13.6 Å². The summed E-state index contributed by atoms with van der Waals surface area (Å²) in [4.78, 5) is 0. The van der Waals surface area contributed by atoms with E-state index in [0.717, 1.165) is 20.7 Å². The summed E-state index contributed by atoms with van der Waals surface area (Å²) in [6, 6.07) is 2.21. The van der Waals surface area contributed by atoms with Crippen LogP contribution in [-0.4, -0.2) is 35.6 Å². The number of hydrogen-bond acceptors (Lipinski definition) is 2. The standard InChI is InChI=1S/C8H21O2PSi/c1-5-12(9-2,10-3)8-6-7-11-4/h11H,5-8H2,1-4H3. The molecule has 0 aliphatic rings. The van der Waals surface area contributed by atoms with Crippen LogP contribution in [0.4, 0.5) is 0 Å². The van der Waals surface area contributed by atoms with Gasteiger partial charge in [0.1, 0.15) is 0 Å². The van der Waals surface area contributed by atoms with E-state index < -0.39 is 8.56 Å². The van der Waals surface area contributed by atoms with Crippen molar-refractivity contribution in [3.63, 3.8) is 0 Å². The van der Waals surface area contributed by atoms with Gasteiger partial charge in [0.15, 0.2) is 0 Å². The first-order valence-corrected chi connectivity index (χ1v) is 8.43. The van der Waals surface area contributed by atoms with E-state index >= 15 is 0 Å². The molecule has 0 bridgehead atoms. The van der Waals surface area contributed by atoms with E-state index in [1.165, 1.54) is 12.6 Å². The van der Waals surface area contributed by atoms with Gasteiger partial charge in [-0.3, -0.25) is 0 Å². The smallest absolute Gasteiger partial charge is 0.337 e. The maximum Gasteiger partial charge on any atom is 0.337 e. The fourth-order valence-corrected chi connectivity index (χ4v) is 4.39. The average molecular weight is 208 g/mol. The van der Waals surface area contributed by atoms with Gasteiger partial charge in [-0.05, 0) is 31.3 Å². The molecule has 0 spiro atoms. The highest BCUT2D eigenvalue weighted by Crippen LogP contribution is 2.20. The molecule has 74 valence electrons. The molecule has 0 heterocycles. The van der Waals surface area contributed by atoms with Gasteiger partial charge in [0.25, 0.3) is 0 Å². The largest absolute Gasteiger partial charge is 0.398 e. The van der Waals surface area contributed by atoms with Crippen molar-refractivity contribution in [1.29, 1.82) is 0 Å². The van der Waals surface area contributed by atoms with Gasteiger partial charge in [-0.25, -0.2) is 0 Å². The summed E-state index contributed by atoms with van der Waals surface area (Å²) < 4.78 is 11.0. The third-order valence-electron chi connectivity index (χ3n) is 2.27. The van der Waals surface area contributed by atoms with E-state index in [4.69, 9.17) is 8.85 Å². The van der Waals surface area contributed by atoms with Crippen molar-refractivity contribution in [2.45, 2.75) is 25.4 Å². The summed E-state index contributed by atoms with van der Waals surface area (Å²) >= 11 is 0. The lowest BCUT2D eigenvalue weighted by molar-refractivity contribution is 0.242. The molecule has 12 heavy (non-hydrogen) atoms. The monoisotopic (exact) mass is 208 g/mol. The molecule has 0 aliphatic heterocycles. The molecule has 0 amide bonds. The Morgan fingerprint density at radius 2 is 1.83 bits per heavy atom. The van der Waals surface area contributed by atoms with Crippen molar-refractivity contribution in [3.8, 4) is 0 Å². The van der Waals surface area contributed by atoms with Crippen molar-refractivity contribution in [2.75, 3.05) is 27.0 Å². The number of hydrogen-bond donors (Lipinski definition) is 0. The van der Waals surface area contributed by atoms with Crippen LogP contribution in [0.5, 0.6) is 0 Å². The maximum absolute atomic E-state index is 5.50. The predicted octanol–water partition coefficient (Wildman–Crippen LogP) is 2.44. The minimum atomic E-state index is -1.75. The lowest BCUT2D eigenvalue weighted by atomic mass is 10.6. The Hall–Kier alpha value is 0.567. The molecular formula is C8H21O2PSi. The third kappa shape index (κ3) is 3.99. The van der Waals surface area contributed by atoms with E-state index in [9.17, 15) is 0 Å². The summed E-state index contributed by atoms with van der Waals surface area (Å²) in [6.45, 7) is 4.41. The van der Waals surface area contributed by atoms with Crippen LogP contribution in [0.25, 0.3) is 0 Å². The molecule has 0 radical (unpaired) electrons. The first-order valence-electron chi connectivity index (χ1n) is 4.49. The normalized spacial score (nSPS) is 13.0. The average Bonchev–Trinajstić information content (AvgIpc) is 2.14. The number of rotatable bonds is 7. The molecule has 0 saturated heterocycles. The first kappa shape index (κ1) is 12.6. The molecule has 0 aromatic carbocycles. The van der Waals surface area contributed by atoms with Crippen LogP contribution in [0.3, 0.4) is 0 Å². The molecular weight excluding hydrogens is 187 g/mol. The third-order valence-corrected chi connectivity index (χ3v) is 6.80. The van der Waals surface area contributed by atoms with Crippen LogP contribution in [0, 0.1) is 0 Å². The molecule has 0 aromatic heterocycles. The van der Waals surface area contributed by atoms with Crippen LogP contribution >= 0.6 is 8.58 Å². The molecule has 1 unspecified atom stereocenters. The van der Waals surface area contributed by atoms with Crippen molar-refractivity contribution in [3.05, 3.63) is 0 Å². The molecule has 2 nitrogen and oxygen atoms in total. The zero-order valence-corrected chi connectivity index (χ0v) is 10.6. The molecule has 1 atom stereocenters. The van der Waals surface area contributed by atoms with E-state index in [1.807, 2.05) is 0 Å². The second-order valence-corrected chi connectivity index (χ2v) is 7.93. The molecule has 0 aromatic rings. The Bertz CT molecular complexity index is 99.0. The maximum atomic E-state index is 5.50. The Morgan fingerprint density at radius 1 is 1.25 bits per heavy atom. The van der Waals surface area contributed by atoms with Gasteiger partial charge in [-0.1, -0.05) is 6.92 Å². The Kier molecular flexibility index (Phi) is 7.35. The molecule has 0 saturated carbocycles. The lowest BCUT2D eigenvalue weighted by Crippen LogP contribution is -2.39. The van der Waals surface area contributed by atoms with Crippen LogP contribution < -0.4 is 0 Å². The first-order chi connectivity index (χ1) is 5.74. The highest BCUT2D eigenvalue weighted by atomic mass is 31.1. The van der Waals surface area contributed by atoms with Crippen LogP contribution in [0.2, 0.25) is 12.1 Å². The molecule has 0 rings (SSSR count). The van der Waals surface area contributed by atoms with E-state index in [0.29, 0.717) is 0 Å². The van der Waals surface area contributed by atoms with Gasteiger partial charge in [-0.2, -0.15) is 0 Å². The molecule has 4 heteroatoms. The zero-order valence-electron chi connectivity index (χ0n) is 8.64. The van der Waals surface area contributed by atoms with Crippen LogP contribution in [0.15, 0.2) is 0 Å². The minimum Gasteiger partial charge on any atom is -0.398 e. The van der Waals surface area contributed by atoms with Gasteiger partial charge in [0, 0.05) is 14.2 Å². The summed E-state index contributed by atoms with van der Waals surface area (Å²) in [5, 5.41) is 0. The zero-order chi connectivity index (χ0) is 9.45. The fourth-order valence-electron chi connectivity index (χ4n) is 1.29. The SMILES string of the molecule is CC[Si](CCCPC)(OC)OC. The quantitative estimate of drug-likeness (QED) is 0.363. The van der Waals surface area contributed by atoms with E-state index in [-0.39, 0.29) is 0 Å². The van der Waals surface area contributed by atoms with Crippen molar-refractivity contribution >= 4 is 17.1 Å². The highest BCUT2D eigenvalue weighted by molar-refractivity contribution is 7.36. The Morgan fingerprint density at radius 3 is 2.17 bits per heavy atom. The van der Waals surface area contributed by atoms with Crippen molar-refractivity contribution < 1.29 is 8.85 Å². The van der Waals surface area contributed by atoms with Gasteiger partial charge in [0.05, 0.1) is 0 Å². The fraction of sp³-hybridized carbons (Fsp3) is 1.00. The van der Waals surface area contributed by atoms with Crippen LogP contribution in [0.1, 0.15) is 13.3 Å².